The number of hydrogen-bond acceptors (Lipinski definition) is 5. The lowest BCUT2D eigenvalue weighted by atomic mass is 10.1. The fourth-order valence-electron chi connectivity index (χ4n) is 4.38. The summed E-state index contributed by atoms with van der Waals surface area (Å²) in [7, 11) is -3.75. The van der Waals surface area contributed by atoms with Crippen molar-refractivity contribution < 1.29 is 22.3 Å². The van der Waals surface area contributed by atoms with Gasteiger partial charge < -0.3 is 14.5 Å². The fraction of sp³-hybridized carbons (Fsp3) is 0.458. The first-order valence-corrected chi connectivity index (χ1v) is 12.7. The molecular formula is C24H30FN3O4S. The van der Waals surface area contributed by atoms with Crippen LogP contribution in [0.2, 0.25) is 0 Å². The predicted molar refractivity (Wildman–Crippen MR) is 125 cm³/mol. The third kappa shape index (κ3) is 5.20. The Morgan fingerprint density at radius 3 is 2.42 bits per heavy atom. The summed E-state index contributed by atoms with van der Waals surface area (Å²) in [6.07, 6.45) is -0.298. The lowest BCUT2D eigenvalue weighted by Gasteiger charge is -2.35. The number of amides is 1. The molecule has 0 spiro atoms. The van der Waals surface area contributed by atoms with Crippen LogP contribution in [0.15, 0.2) is 48.5 Å². The van der Waals surface area contributed by atoms with E-state index in [1.165, 1.54) is 10.4 Å². The number of carbonyl (C=O) groups excluding carboxylic acids is 1. The summed E-state index contributed by atoms with van der Waals surface area (Å²) in [5, 5.41) is -0.830. The summed E-state index contributed by atoms with van der Waals surface area (Å²) in [5.74, 6) is -0.396. The van der Waals surface area contributed by atoms with Gasteiger partial charge in [-0.15, -0.1) is 0 Å². The number of halogens is 1. The minimum Gasteiger partial charge on any atom is -0.375 e. The van der Waals surface area contributed by atoms with Crippen molar-refractivity contribution in [2.45, 2.75) is 31.7 Å². The van der Waals surface area contributed by atoms with E-state index >= 15 is 4.39 Å². The van der Waals surface area contributed by atoms with Gasteiger partial charge in [-0.05, 0) is 24.6 Å². The van der Waals surface area contributed by atoms with Crippen LogP contribution >= 0.6 is 0 Å². The summed E-state index contributed by atoms with van der Waals surface area (Å²) < 4.78 is 49.2. The van der Waals surface area contributed by atoms with Crippen LogP contribution in [0.25, 0.3) is 0 Å². The summed E-state index contributed by atoms with van der Waals surface area (Å²) in [4.78, 5) is 15.3. The van der Waals surface area contributed by atoms with E-state index in [1.54, 1.807) is 42.2 Å². The molecule has 1 amide bonds. The number of rotatable bonds is 4. The summed E-state index contributed by atoms with van der Waals surface area (Å²) in [6.45, 7) is 6.03. The van der Waals surface area contributed by atoms with Gasteiger partial charge in [-0.2, -0.15) is 4.31 Å². The van der Waals surface area contributed by atoms with Crippen molar-refractivity contribution in [3.8, 4) is 0 Å². The summed E-state index contributed by atoms with van der Waals surface area (Å²) >= 11 is 0. The number of anilines is 1. The molecular weight excluding hydrogens is 445 g/mol. The lowest BCUT2D eigenvalue weighted by molar-refractivity contribution is -0.129. The molecule has 0 aromatic heterocycles. The van der Waals surface area contributed by atoms with E-state index in [2.05, 4.69) is 0 Å². The minimum absolute atomic E-state index is 0.0434. The highest BCUT2D eigenvalue weighted by molar-refractivity contribution is 7.89. The first-order chi connectivity index (χ1) is 15.8. The van der Waals surface area contributed by atoms with E-state index in [1.807, 2.05) is 24.0 Å². The molecule has 2 aliphatic rings. The molecule has 2 fully saturated rings. The van der Waals surface area contributed by atoms with Crippen LogP contribution in [0.5, 0.6) is 0 Å². The third-order valence-electron chi connectivity index (χ3n) is 6.36. The highest BCUT2D eigenvalue weighted by Gasteiger charge is 2.38. The van der Waals surface area contributed by atoms with Gasteiger partial charge in [0.2, 0.25) is 15.9 Å². The Morgan fingerprint density at radius 2 is 1.79 bits per heavy atom. The van der Waals surface area contributed by atoms with E-state index in [-0.39, 0.29) is 31.7 Å². The van der Waals surface area contributed by atoms with E-state index in [9.17, 15) is 13.2 Å². The maximum absolute atomic E-state index is 15.1. The van der Waals surface area contributed by atoms with Crippen LogP contribution in [0.4, 0.5) is 10.1 Å². The van der Waals surface area contributed by atoms with Gasteiger partial charge in [-0.25, -0.2) is 12.8 Å². The Labute approximate surface area is 194 Å². The molecule has 2 aliphatic heterocycles. The molecule has 2 atom stereocenters. The van der Waals surface area contributed by atoms with Crippen molar-refractivity contribution in [3.63, 3.8) is 0 Å². The van der Waals surface area contributed by atoms with Gasteiger partial charge in [0.15, 0.2) is 0 Å². The number of sulfonamides is 1. The zero-order chi connectivity index (χ0) is 23.6. The first-order valence-electron chi connectivity index (χ1n) is 11.2. The SMILES string of the molecule is CC(=O)N1CCN(c2ccc(CN3C[C@@H](C)OCC(c4ccccc4)S3(=O)=O)c(F)c2)CC1. The van der Waals surface area contributed by atoms with Crippen molar-refractivity contribution in [1.82, 2.24) is 9.21 Å². The average molecular weight is 476 g/mol. The monoisotopic (exact) mass is 475 g/mol. The molecule has 1 unspecified atom stereocenters. The Kier molecular flexibility index (Phi) is 7.02. The van der Waals surface area contributed by atoms with Gasteiger partial charge in [0.05, 0.1) is 12.7 Å². The van der Waals surface area contributed by atoms with Crippen molar-refractivity contribution >= 4 is 21.6 Å². The molecule has 7 nitrogen and oxygen atoms in total. The van der Waals surface area contributed by atoms with Crippen LogP contribution in [-0.2, 0) is 26.1 Å². The smallest absolute Gasteiger partial charge is 0.223 e. The zero-order valence-corrected chi connectivity index (χ0v) is 19.8. The molecule has 9 heteroatoms. The zero-order valence-electron chi connectivity index (χ0n) is 19.0. The van der Waals surface area contributed by atoms with Crippen molar-refractivity contribution in [1.29, 1.82) is 0 Å². The number of hydrogen-bond donors (Lipinski definition) is 0. The van der Waals surface area contributed by atoms with Crippen molar-refractivity contribution in [3.05, 3.63) is 65.5 Å². The summed E-state index contributed by atoms with van der Waals surface area (Å²) in [6, 6.07) is 13.9. The van der Waals surface area contributed by atoms with Gasteiger partial charge in [-0.1, -0.05) is 36.4 Å². The highest BCUT2D eigenvalue weighted by Crippen LogP contribution is 2.31. The van der Waals surface area contributed by atoms with Gasteiger partial charge in [-0.3, -0.25) is 4.79 Å². The standard InChI is InChI=1S/C24H30FN3O4S/c1-18-15-28(33(30,31)24(17-32-18)20-6-4-3-5-7-20)16-21-8-9-22(14-23(21)25)27-12-10-26(11-13-27)19(2)29/h3-9,14,18,24H,10-13,15-17H2,1-2H3/t18-,24?/m1/s1. The first kappa shape index (κ1) is 23.7. The summed E-state index contributed by atoms with van der Waals surface area (Å²) in [5.41, 5.74) is 1.72. The minimum atomic E-state index is -3.75. The molecule has 33 heavy (non-hydrogen) atoms. The molecule has 2 aromatic rings. The van der Waals surface area contributed by atoms with E-state index < -0.39 is 21.1 Å². The second-order valence-corrected chi connectivity index (χ2v) is 10.8. The Balaban J connectivity index is 1.53. The largest absolute Gasteiger partial charge is 0.375 e. The Bertz CT molecular complexity index is 1090. The lowest BCUT2D eigenvalue weighted by Crippen LogP contribution is -2.48. The second kappa shape index (κ2) is 9.79. The molecule has 178 valence electrons. The van der Waals surface area contributed by atoms with Crippen molar-refractivity contribution in [2.75, 3.05) is 44.2 Å². The van der Waals surface area contributed by atoms with Crippen LogP contribution < -0.4 is 4.90 Å². The molecule has 0 aliphatic carbocycles. The van der Waals surface area contributed by atoms with E-state index in [0.29, 0.717) is 37.3 Å². The number of piperazine rings is 1. The number of carbonyl (C=O) groups is 1. The molecule has 2 saturated heterocycles. The topological polar surface area (TPSA) is 70.2 Å². The van der Waals surface area contributed by atoms with Crippen LogP contribution in [-0.4, -0.2) is 69.0 Å². The quantitative estimate of drug-likeness (QED) is 0.680. The Morgan fingerprint density at radius 1 is 1.09 bits per heavy atom. The molecule has 4 rings (SSSR count). The fourth-order valence-corrected chi connectivity index (χ4v) is 6.23. The molecule has 0 bridgehead atoms. The number of ether oxygens (including phenoxy) is 1. The Hall–Kier alpha value is -2.49. The molecule has 0 radical (unpaired) electrons. The molecule has 0 saturated carbocycles. The maximum atomic E-state index is 15.1. The van der Waals surface area contributed by atoms with Crippen LogP contribution in [0, 0.1) is 5.82 Å². The van der Waals surface area contributed by atoms with Crippen molar-refractivity contribution in [2.24, 2.45) is 0 Å². The number of nitrogens with zero attached hydrogens (tertiary/aromatic N) is 3. The molecule has 2 aromatic carbocycles. The molecule has 0 N–H and O–H groups in total. The maximum Gasteiger partial charge on any atom is 0.223 e. The molecule has 2 heterocycles. The van der Waals surface area contributed by atoms with Crippen LogP contribution in [0.3, 0.4) is 0 Å². The number of benzene rings is 2. The van der Waals surface area contributed by atoms with Gasteiger partial charge in [0.25, 0.3) is 0 Å². The van der Waals surface area contributed by atoms with Gasteiger partial charge in [0.1, 0.15) is 11.1 Å². The van der Waals surface area contributed by atoms with Gasteiger partial charge >= 0.3 is 0 Å². The van der Waals surface area contributed by atoms with E-state index in [0.717, 1.165) is 5.69 Å². The van der Waals surface area contributed by atoms with Gasteiger partial charge in [0, 0.05) is 57.4 Å². The van der Waals surface area contributed by atoms with E-state index in [4.69, 9.17) is 4.74 Å². The van der Waals surface area contributed by atoms with Crippen LogP contribution in [0.1, 0.15) is 30.2 Å². The second-order valence-electron chi connectivity index (χ2n) is 8.65. The average Bonchev–Trinajstić information content (AvgIpc) is 2.91. The third-order valence-corrected chi connectivity index (χ3v) is 8.48. The normalized spacial score (nSPS) is 23.8. The predicted octanol–water partition coefficient (Wildman–Crippen LogP) is 2.79. The highest BCUT2D eigenvalue weighted by atomic mass is 32.2.